The zero-order chi connectivity index (χ0) is 27.5. The fraction of sp³-hybridized carbons (Fsp3) is 0.480. The Bertz CT molecular complexity index is 1070. The molecule has 0 spiro atoms. The molecule has 1 aromatic rings. The summed E-state index contributed by atoms with van der Waals surface area (Å²) in [6.45, 7) is 3.57. The molecule has 1 aliphatic rings. The summed E-state index contributed by atoms with van der Waals surface area (Å²) in [7, 11) is 1.26. The van der Waals surface area contributed by atoms with E-state index in [-0.39, 0.29) is 56.4 Å². The van der Waals surface area contributed by atoms with Crippen molar-refractivity contribution < 1.29 is 38.5 Å². The third kappa shape index (κ3) is 8.11. The lowest BCUT2D eigenvalue weighted by Crippen LogP contribution is -2.37. The van der Waals surface area contributed by atoms with E-state index in [9.17, 15) is 19.2 Å². The zero-order valence-corrected chi connectivity index (χ0v) is 21.7. The normalized spacial score (nSPS) is 18.0. The van der Waals surface area contributed by atoms with Crippen LogP contribution in [0.4, 0.5) is 0 Å². The number of amides is 1. The van der Waals surface area contributed by atoms with Gasteiger partial charge in [-0.1, -0.05) is 29.8 Å². The maximum atomic E-state index is 13.1. The van der Waals surface area contributed by atoms with Crippen LogP contribution in [0.5, 0.6) is 0 Å². The van der Waals surface area contributed by atoms with Crippen molar-refractivity contribution in [2.45, 2.75) is 38.6 Å². The number of carbonyl (C=O) groups excluding carboxylic acids is 3. The van der Waals surface area contributed by atoms with Crippen LogP contribution in [-0.4, -0.2) is 74.2 Å². The summed E-state index contributed by atoms with van der Waals surface area (Å²) >= 11 is 6.47. The number of nitrogens with zero attached hydrogens (tertiary/aromatic N) is 1. The van der Waals surface area contributed by atoms with E-state index in [1.807, 2.05) is 0 Å². The van der Waals surface area contributed by atoms with Crippen molar-refractivity contribution >= 4 is 41.1 Å². The molecule has 12 heteroatoms. The van der Waals surface area contributed by atoms with Gasteiger partial charge in [0.2, 0.25) is 5.91 Å². The van der Waals surface area contributed by atoms with E-state index in [4.69, 9.17) is 36.7 Å². The number of methoxy groups -OCH3 is 1. The Labute approximate surface area is 220 Å². The average Bonchev–Trinajstić information content (AvgIpc) is 2.86. The second-order valence-electron chi connectivity index (χ2n) is 8.22. The van der Waals surface area contributed by atoms with Crippen LogP contribution in [0.15, 0.2) is 40.5 Å². The van der Waals surface area contributed by atoms with E-state index >= 15 is 0 Å². The number of esters is 2. The first-order chi connectivity index (χ1) is 17.6. The number of benzene rings is 1. The van der Waals surface area contributed by atoms with Crippen LogP contribution in [0, 0.1) is 5.92 Å². The van der Waals surface area contributed by atoms with Gasteiger partial charge in [0.15, 0.2) is 0 Å². The number of aliphatic imine (C=N–C) groups is 1. The van der Waals surface area contributed by atoms with Gasteiger partial charge in [0.25, 0.3) is 0 Å². The van der Waals surface area contributed by atoms with Gasteiger partial charge in [-0.3, -0.25) is 19.4 Å². The molecule has 4 N–H and O–H groups in total. The van der Waals surface area contributed by atoms with E-state index in [0.717, 1.165) is 0 Å². The lowest BCUT2D eigenvalue weighted by Gasteiger charge is -2.32. The monoisotopic (exact) mass is 537 g/mol. The summed E-state index contributed by atoms with van der Waals surface area (Å²) < 4.78 is 16.0. The lowest BCUT2D eigenvalue weighted by atomic mass is 9.75. The third-order valence-corrected chi connectivity index (χ3v) is 6.06. The highest BCUT2D eigenvalue weighted by molar-refractivity contribution is 6.31. The molecule has 3 atom stereocenters. The number of rotatable bonds is 13. The highest BCUT2D eigenvalue weighted by atomic mass is 35.5. The van der Waals surface area contributed by atoms with E-state index in [2.05, 4.69) is 10.3 Å². The van der Waals surface area contributed by atoms with E-state index in [1.165, 1.54) is 7.11 Å². The van der Waals surface area contributed by atoms with Crippen LogP contribution in [0.2, 0.25) is 5.02 Å². The van der Waals surface area contributed by atoms with Gasteiger partial charge >= 0.3 is 17.9 Å². The van der Waals surface area contributed by atoms with Crippen LogP contribution < -0.4 is 11.1 Å². The number of carboxylic acid groups (broad SMARTS) is 1. The molecule has 1 heterocycles. The largest absolute Gasteiger partial charge is 0.480 e. The van der Waals surface area contributed by atoms with Crippen molar-refractivity contribution in [1.82, 2.24) is 5.32 Å². The molecule has 0 saturated heterocycles. The molecule has 0 radical (unpaired) electrons. The lowest BCUT2D eigenvalue weighted by molar-refractivity contribution is -0.144. The molecule has 0 fully saturated rings. The molecule has 2 rings (SSSR count). The van der Waals surface area contributed by atoms with Crippen LogP contribution in [-0.2, 0) is 33.4 Å². The van der Waals surface area contributed by atoms with Crippen molar-refractivity contribution in [3.8, 4) is 0 Å². The molecule has 0 bridgehead atoms. The molecule has 11 nitrogen and oxygen atoms in total. The smallest absolute Gasteiger partial charge is 0.336 e. The third-order valence-electron chi connectivity index (χ3n) is 5.71. The van der Waals surface area contributed by atoms with Gasteiger partial charge < -0.3 is 30.4 Å². The molecule has 37 heavy (non-hydrogen) atoms. The number of nitrogens with two attached hydrogens (primary N) is 1. The van der Waals surface area contributed by atoms with Gasteiger partial charge in [-0.15, -0.1) is 0 Å². The van der Waals surface area contributed by atoms with E-state index in [0.29, 0.717) is 16.3 Å². The maximum absolute atomic E-state index is 13.1. The Hall–Kier alpha value is -3.28. The number of halogens is 1. The van der Waals surface area contributed by atoms with Gasteiger partial charge in [-0.25, -0.2) is 4.79 Å². The first-order valence-corrected chi connectivity index (χ1v) is 12.1. The summed E-state index contributed by atoms with van der Waals surface area (Å²) in [5.41, 5.74) is 6.78. The van der Waals surface area contributed by atoms with Crippen molar-refractivity contribution in [1.29, 1.82) is 0 Å². The minimum atomic E-state index is -1.17. The second-order valence-corrected chi connectivity index (χ2v) is 8.63. The predicted octanol–water partition coefficient (Wildman–Crippen LogP) is 1.83. The molecule has 1 amide bonds. The quantitative estimate of drug-likeness (QED) is 0.251. The fourth-order valence-corrected chi connectivity index (χ4v) is 4.17. The zero-order valence-electron chi connectivity index (χ0n) is 21.0. The number of hydrogen-bond donors (Lipinski definition) is 3. The van der Waals surface area contributed by atoms with Crippen LogP contribution >= 0.6 is 11.6 Å². The Kier molecular flexibility index (Phi) is 11.7. The minimum Gasteiger partial charge on any atom is -0.480 e. The average molecular weight is 538 g/mol. The number of ether oxygens (including phenoxy) is 3. The standard InChI is InChI=1S/C25H32ClN3O8/c1-4-37-25(34)22-18(13-36-12-11-28-19(30)10-9-17(27)23(31)32)29-14(2)20(24(33)35-3)21(22)15-7-5-6-8-16(15)26/h5-8,17,20-21H,4,9-13,27H2,1-3H3,(H,28,30)(H,31,32)/t17-,20?,21?/m0/s1. The topological polar surface area (TPSA) is 167 Å². The predicted molar refractivity (Wildman–Crippen MR) is 135 cm³/mol. The summed E-state index contributed by atoms with van der Waals surface area (Å²) in [5, 5.41) is 11.8. The van der Waals surface area contributed by atoms with Crippen molar-refractivity contribution in [2.24, 2.45) is 16.6 Å². The molecule has 0 aliphatic carbocycles. The van der Waals surface area contributed by atoms with Crippen molar-refractivity contribution in [3.63, 3.8) is 0 Å². The first-order valence-electron chi connectivity index (χ1n) is 11.7. The second kappa shape index (κ2) is 14.5. The summed E-state index contributed by atoms with van der Waals surface area (Å²) in [5.74, 6) is -4.47. The Morgan fingerprint density at radius 3 is 2.57 bits per heavy atom. The number of nitrogens with one attached hydrogen (secondary N) is 1. The summed E-state index contributed by atoms with van der Waals surface area (Å²) in [6, 6.07) is 5.77. The molecule has 0 saturated carbocycles. The molecule has 2 unspecified atom stereocenters. The highest BCUT2D eigenvalue weighted by Crippen LogP contribution is 2.42. The van der Waals surface area contributed by atoms with Gasteiger partial charge in [0, 0.05) is 29.6 Å². The summed E-state index contributed by atoms with van der Waals surface area (Å²) in [6.07, 6.45) is -0.0276. The molecule has 0 aromatic heterocycles. The molecule has 1 aromatic carbocycles. The van der Waals surface area contributed by atoms with Gasteiger partial charge in [-0.05, 0) is 31.9 Å². The Morgan fingerprint density at radius 2 is 1.95 bits per heavy atom. The van der Waals surface area contributed by atoms with Crippen LogP contribution in [0.3, 0.4) is 0 Å². The van der Waals surface area contributed by atoms with Crippen LogP contribution in [0.25, 0.3) is 0 Å². The van der Waals surface area contributed by atoms with Crippen molar-refractivity contribution in [3.05, 3.63) is 46.1 Å². The first kappa shape index (κ1) is 29.9. The maximum Gasteiger partial charge on any atom is 0.336 e. The molecular weight excluding hydrogens is 506 g/mol. The molecule has 202 valence electrons. The molecule has 1 aliphatic heterocycles. The minimum absolute atomic E-state index is 0.0105. The Morgan fingerprint density at radius 1 is 1.24 bits per heavy atom. The Balaban J connectivity index is 2.23. The number of hydrogen-bond acceptors (Lipinski definition) is 9. The van der Waals surface area contributed by atoms with E-state index < -0.39 is 35.8 Å². The number of aliphatic carboxylic acids is 1. The highest BCUT2D eigenvalue weighted by Gasteiger charge is 2.43. The van der Waals surface area contributed by atoms with E-state index in [1.54, 1.807) is 38.1 Å². The van der Waals surface area contributed by atoms with Gasteiger partial charge in [-0.2, -0.15) is 0 Å². The number of carbonyl (C=O) groups is 4. The SMILES string of the molecule is CCOC(=O)C1=C(COCCNC(=O)CC[C@H](N)C(=O)O)N=C(C)C(C(=O)OC)C1c1ccccc1Cl. The summed E-state index contributed by atoms with van der Waals surface area (Å²) in [4.78, 5) is 53.0. The van der Waals surface area contributed by atoms with Gasteiger partial charge in [0.05, 0.1) is 38.2 Å². The molecular formula is C25H32ClN3O8. The fourth-order valence-electron chi connectivity index (χ4n) is 3.92. The van der Waals surface area contributed by atoms with Crippen LogP contribution in [0.1, 0.15) is 38.2 Å². The van der Waals surface area contributed by atoms with Crippen molar-refractivity contribution in [2.75, 3.05) is 33.5 Å². The number of carboxylic acids is 1. The van der Waals surface area contributed by atoms with Gasteiger partial charge in [0.1, 0.15) is 12.0 Å².